The van der Waals surface area contributed by atoms with Gasteiger partial charge >= 0.3 is 0 Å². The molecule has 0 radical (unpaired) electrons. The molecule has 3 aromatic rings. The zero-order valence-corrected chi connectivity index (χ0v) is 11.1. The quantitative estimate of drug-likeness (QED) is 0.463. The van der Waals surface area contributed by atoms with E-state index in [1.54, 1.807) is 0 Å². The third kappa shape index (κ3) is 1.57. The Hall–Kier alpha value is -2.26. The van der Waals surface area contributed by atoms with Gasteiger partial charge in [-0.2, -0.15) is 0 Å². The molecule has 1 unspecified atom stereocenters. The average Bonchev–Trinajstić information content (AvgIpc) is 2.48. The largest absolute Gasteiger partial charge is 0.292 e. The Balaban J connectivity index is 2.15. The first-order valence-corrected chi connectivity index (χ1v) is 6.73. The van der Waals surface area contributed by atoms with Gasteiger partial charge in [-0.1, -0.05) is 18.2 Å². The van der Waals surface area contributed by atoms with E-state index >= 15 is 0 Å². The van der Waals surface area contributed by atoms with Crippen molar-refractivity contribution in [1.82, 2.24) is 4.98 Å². The number of alkyl halides is 1. The van der Waals surface area contributed by atoms with Crippen molar-refractivity contribution in [2.24, 2.45) is 4.99 Å². The number of Topliss-reactive ketones (excluding diaryl/α,β-unsaturated/α-hetero) is 1. The van der Waals surface area contributed by atoms with Crippen molar-refractivity contribution in [3.8, 4) is 0 Å². The van der Waals surface area contributed by atoms with Gasteiger partial charge in [0, 0.05) is 17.0 Å². The van der Waals surface area contributed by atoms with Crippen LogP contribution in [-0.2, 0) is 0 Å². The van der Waals surface area contributed by atoms with Crippen molar-refractivity contribution in [3.63, 3.8) is 0 Å². The van der Waals surface area contributed by atoms with E-state index in [1.165, 1.54) is 6.21 Å². The van der Waals surface area contributed by atoms with Gasteiger partial charge in [0.2, 0.25) is 0 Å². The second kappa shape index (κ2) is 4.12. The number of ketones is 1. The van der Waals surface area contributed by atoms with E-state index in [2.05, 4.69) is 9.98 Å². The van der Waals surface area contributed by atoms with Crippen LogP contribution in [0, 0.1) is 0 Å². The first kappa shape index (κ1) is 11.6. The van der Waals surface area contributed by atoms with Gasteiger partial charge in [0.1, 0.15) is 5.38 Å². The highest BCUT2D eigenvalue weighted by atomic mass is 35.5. The number of aromatic nitrogens is 1. The lowest BCUT2D eigenvalue weighted by molar-refractivity contribution is 0.101. The smallest absolute Gasteiger partial charge is 0.188 e. The number of carbonyl (C=O) groups excluding carboxylic acids is 1. The van der Waals surface area contributed by atoms with Crippen molar-refractivity contribution < 1.29 is 4.79 Å². The maximum atomic E-state index is 12.3. The second-order valence-corrected chi connectivity index (χ2v) is 5.22. The number of halogens is 1. The first-order valence-electron chi connectivity index (χ1n) is 6.29. The van der Waals surface area contributed by atoms with E-state index in [-0.39, 0.29) is 5.78 Å². The molecule has 0 saturated carbocycles. The fourth-order valence-corrected chi connectivity index (χ4v) is 2.72. The summed E-state index contributed by atoms with van der Waals surface area (Å²) >= 11 is 5.99. The van der Waals surface area contributed by atoms with Gasteiger partial charge in [-0.3, -0.25) is 9.79 Å². The van der Waals surface area contributed by atoms with E-state index < -0.39 is 5.38 Å². The molecule has 2 heterocycles. The van der Waals surface area contributed by atoms with Crippen LogP contribution >= 0.6 is 11.6 Å². The number of rotatable bonds is 0. The predicted molar refractivity (Wildman–Crippen MR) is 81.4 cm³/mol. The van der Waals surface area contributed by atoms with E-state index in [0.29, 0.717) is 11.3 Å². The number of carbonyl (C=O) groups is 1. The molecule has 0 bridgehead atoms. The van der Waals surface area contributed by atoms with Crippen molar-refractivity contribution in [1.29, 1.82) is 0 Å². The van der Waals surface area contributed by atoms with Crippen LogP contribution in [0.1, 0.15) is 10.4 Å². The van der Waals surface area contributed by atoms with Crippen molar-refractivity contribution in [2.45, 2.75) is 5.38 Å². The fraction of sp³-hybridized carbons (Fsp3) is 0.0625. The van der Waals surface area contributed by atoms with Gasteiger partial charge in [0.05, 0.1) is 22.3 Å². The monoisotopic (exact) mass is 280 g/mol. The number of nitrogens with zero attached hydrogens (tertiary/aromatic N) is 2. The van der Waals surface area contributed by atoms with E-state index in [4.69, 9.17) is 11.6 Å². The topological polar surface area (TPSA) is 42.3 Å². The standard InChI is InChI=1S/C16H9ClN2O/c17-11-8-18-14-6-5-13-10(15(14)16(11)20)7-9-3-1-2-4-12(9)19-13/h1-8,11H. The van der Waals surface area contributed by atoms with Crippen molar-refractivity contribution in [2.75, 3.05) is 0 Å². The minimum Gasteiger partial charge on any atom is -0.292 e. The number of aliphatic imine (C=N–C) groups is 1. The molecule has 1 aliphatic rings. The summed E-state index contributed by atoms with van der Waals surface area (Å²) in [5, 5.41) is 1.12. The summed E-state index contributed by atoms with van der Waals surface area (Å²) in [5.74, 6) is -0.112. The maximum absolute atomic E-state index is 12.3. The van der Waals surface area contributed by atoms with Crippen LogP contribution in [0.2, 0.25) is 0 Å². The lowest BCUT2D eigenvalue weighted by Crippen LogP contribution is -2.19. The fourth-order valence-electron chi connectivity index (χ4n) is 2.56. The molecule has 0 saturated heterocycles. The molecule has 4 heteroatoms. The Morgan fingerprint density at radius 2 is 1.90 bits per heavy atom. The summed E-state index contributed by atoms with van der Waals surface area (Å²) in [6.45, 7) is 0. The Labute approximate surface area is 119 Å². The number of hydrogen-bond acceptors (Lipinski definition) is 3. The zero-order chi connectivity index (χ0) is 13.7. The highest BCUT2D eigenvalue weighted by Gasteiger charge is 2.25. The van der Waals surface area contributed by atoms with Crippen LogP contribution in [0.4, 0.5) is 5.69 Å². The van der Waals surface area contributed by atoms with Gasteiger partial charge in [0.25, 0.3) is 0 Å². The van der Waals surface area contributed by atoms with E-state index in [0.717, 1.165) is 21.8 Å². The summed E-state index contributed by atoms with van der Waals surface area (Å²) in [7, 11) is 0. The molecular weight excluding hydrogens is 272 g/mol. The van der Waals surface area contributed by atoms with Gasteiger partial charge in [-0.25, -0.2) is 4.98 Å². The van der Waals surface area contributed by atoms with E-state index in [1.807, 2.05) is 42.5 Å². The van der Waals surface area contributed by atoms with Crippen LogP contribution < -0.4 is 0 Å². The maximum Gasteiger partial charge on any atom is 0.188 e. The summed E-state index contributed by atoms with van der Waals surface area (Å²) < 4.78 is 0. The molecule has 0 spiro atoms. The molecule has 1 aromatic heterocycles. The number of para-hydroxylation sites is 1. The summed E-state index contributed by atoms with van der Waals surface area (Å²) in [4.78, 5) is 21.2. The lowest BCUT2D eigenvalue weighted by atomic mass is 9.97. The summed E-state index contributed by atoms with van der Waals surface area (Å²) in [6, 6.07) is 13.5. The molecule has 1 aliphatic heterocycles. The number of benzene rings is 2. The lowest BCUT2D eigenvalue weighted by Gasteiger charge is -2.15. The highest BCUT2D eigenvalue weighted by molar-refractivity contribution is 6.44. The third-order valence-corrected chi connectivity index (χ3v) is 3.83. The highest BCUT2D eigenvalue weighted by Crippen LogP contribution is 2.33. The molecule has 20 heavy (non-hydrogen) atoms. The van der Waals surface area contributed by atoms with Crippen LogP contribution in [0.25, 0.3) is 21.8 Å². The second-order valence-electron chi connectivity index (χ2n) is 4.75. The van der Waals surface area contributed by atoms with Crippen LogP contribution in [0.15, 0.2) is 47.5 Å². The van der Waals surface area contributed by atoms with Crippen molar-refractivity contribution in [3.05, 3.63) is 48.0 Å². The van der Waals surface area contributed by atoms with Gasteiger partial charge in [-0.05, 0) is 24.3 Å². The van der Waals surface area contributed by atoms with Crippen LogP contribution in [0.5, 0.6) is 0 Å². The average molecular weight is 281 g/mol. The van der Waals surface area contributed by atoms with Crippen molar-refractivity contribution >= 4 is 51.1 Å². The molecule has 2 aromatic carbocycles. The molecule has 96 valence electrons. The SMILES string of the molecule is O=C1c2c(ccc3nc4ccccc4cc23)N=CC1Cl. The van der Waals surface area contributed by atoms with Gasteiger partial charge in [0.15, 0.2) is 5.78 Å². The minimum absolute atomic E-state index is 0.112. The van der Waals surface area contributed by atoms with E-state index in [9.17, 15) is 4.79 Å². The Morgan fingerprint density at radius 1 is 1.05 bits per heavy atom. The molecule has 0 aliphatic carbocycles. The molecule has 3 nitrogen and oxygen atoms in total. The summed E-state index contributed by atoms with van der Waals surface area (Å²) in [6.07, 6.45) is 1.48. The normalized spacial score (nSPS) is 17.6. The van der Waals surface area contributed by atoms with Crippen LogP contribution in [-0.4, -0.2) is 22.4 Å². The number of hydrogen-bond donors (Lipinski definition) is 0. The molecule has 0 N–H and O–H groups in total. The number of pyridine rings is 1. The minimum atomic E-state index is -0.695. The van der Waals surface area contributed by atoms with Crippen LogP contribution in [0.3, 0.4) is 0 Å². The molecule has 1 atom stereocenters. The first-order chi connectivity index (χ1) is 9.74. The molecule has 4 rings (SSSR count). The molecular formula is C16H9ClN2O. The summed E-state index contributed by atoms with van der Waals surface area (Å²) in [5.41, 5.74) is 2.94. The Bertz CT molecular complexity index is 902. The van der Waals surface area contributed by atoms with Gasteiger partial charge < -0.3 is 0 Å². The predicted octanol–water partition coefficient (Wildman–Crippen LogP) is 3.89. The molecule has 0 fully saturated rings. The Kier molecular flexibility index (Phi) is 2.38. The zero-order valence-electron chi connectivity index (χ0n) is 10.4. The molecule has 0 amide bonds. The third-order valence-electron chi connectivity index (χ3n) is 3.52. The number of fused-ring (bicyclic) bond motifs is 4. The Morgan fingerprint density at radius 3 is 2.80 bits per heavy atom. The van der Waals surface area contributed by atoms with Gasteiger partial charge in [-0.15, -0.1) is 11.6 Å².